The van der Waals surface area contributed by atoms with Crippen LogP contribution in [0, 0.1) is 0 Å². The highest BCUT2D eigenvalue weighted by molar-refractivity contribution is 5.81. The lowest BCUT2D eigenvalue weighted by Crippen LogP contribution is -2.18. The van der Waals surface area contributed by atoms with Gasteiger partial charge in [0.05, 0.1) is 13.0 Å². The molecule has 19 heavy (non-hydrogen) atoms. The van der Waals surface area contributed by atoms with Gasteiger partial charge in [-0.2, -0.15) is 0 Å². The third kappa shape index (κ3) is 3.13. The van der Waals surface area contributed by atoms with Crippen molar-refractivity contribution in [3.63, 3.8) is 0 Å². The fourth-order valence-electron chi connectivity index (χ4n) is 2.50. The van der Waals surface area contributed by atoms with Crippen molar-refractivity contribution in [1.82, 2.24) is 0 Å². The normalized spacial score (nSPS) is 16.2. The molecule has 0 aliphatic carbocycles. The van der Waals surface area contributed by atoms with Crippen LogP contribution in [0.1, 0.15) is 30.7 Å². The number of anilines is 1. The fraction of sp³-hybridized carbons (Fsp3) is 0.467. The monoisotopic (exact) mass is 261 g/mol. The van der Waals surface area contributed by atoms with E-state index >= 15 is 0 Å². The molecule has 0 spiro atoms. The number of hydrogen-bond donors (Lipinski definition) is 0. The smallest absolute Gasteiger partial charge is 0.313 e. The number of nitrogens with zero attached hydrogens (tertiary/aromatic N) is 1. The van der Waals surface area contributed by atoms with Crippen molar-refractivity contribution < 1.29 is 14.3 Å². The number of ether oxygens (including phenoxy) is 1. The summed E-state index contributed by atoms with van der Waals surface area (Å²) in [4.78, 5) is 24.7. The number of carbonyl (C=O) groups excluding carboxylic acids is 2. The van der Waals surface area contributed by atoms with E-state index in [4.69, 9.17) is 4.74 Å². The Morgan fingerprint density at radius 3 is 2.47 bits per heavy atom. The third-order valence-corrected chi connectivity index (χ3v) is 3.58. The van der Waals surface area contributed by atoms with Gasteiger partial charge in [-0.3, -0.25) is 4.79 Å². The Balaban J connectivity index is 2.14. The van der Waals surface area contributed by atoms with Crippen molar-refractivity contribution in [1.29, 1.82) is 0 Å². The Morgan fingerprint density at radius 2 is 1.95 bits per heavy atom. The van der Waals surface area contributed by atoms with Gasteiger partial charge in [0, 0.05) is 25.2 Å². The van der Waals surface area contributed by atoms with Crippen LogP contribution in [0.25, 0.3) is 0 Å². The standard InChI is InChI=1S/C15H19NO3/c1-19-15(18)14(8-11-17)12-4-6-13(7-5-12)16-9-2-3-10-16/h4-7,11,14H,2-3,8-10H2,1H3/t14-/m0/s1. The van der Waals surface area contributed by atoms with E-state index < -0.39 is 5.92 Å². The number of methoxy groups -OCH3 is 1. The van der Waals surface area contributed by atoms with Crippen molar-refractivity contribution >= 4 is 17.9 Å². The summed E-state index contributed by atoms with van der Waals surface area (Å²) < 4.78 is 4.74. The van der Waals surface area contributed by atoms with E-state index in [1.54, 1.807) is 0 Å². The molecule has 0 radical (unpaired) electrons. The van der Waals surface area contributed by atoms with Gasteiger partial charge in [0.15, 0.2) is 0 Å². The molecule has 2 rings (SSSR count). The van der Waals surface area contributed by atoms with Gasteiger partial charge >= 0.3 is 5.97 Å². The average molecular weight is 261 g/mol. The maximum Gasteiger partial charge on any atom is 0.313 e. The van der Waals surface area contributed by atoms with Gasteiger partial charge in [-0.05, 0) is 30.5 Å². The van der Waals surface area contributed by atoms with Crippen molar-refractivity contribution in [3.05, 3.63) is 29.8 Å². The molecule has 1 aromatic carbocycles. The summed E-state index contributed by atoms with van der Waals surface area (Å²) in [5.74, 6) is -0.851. The highest BCUT2D eigenvalue weighted by atomic mass is 16.5. The number of esters is 1. The summed E-state index contributed by atoms with van der Waals surface area (Å²) in [6, 6.07) is 7.86. The van der Waals surface area contributed by atoms with E-state index in [0.717, 1.165) is 24.9 Å². The summed E-state index contributed by atoms with van der Waals surface area (Å²) in [7, 11) is 1.35. The topological polar surface area (TPSA) is 46.6 Å². The predicted molar refractivity (Wildman–Crippen MR) is 73.3 cm³/mol. The molecular weight excluding hydrogens is 242 g/mol. The molecule has 1 atom stereocenters. The van der Waals surface area contributed by atoms with Crippen molar-refractivity contribution in [2.75, 3.05) is 25.1 Å². The van der Waals surface area contributed by atoms with Crippen LogP contribution in [-0.4, -0.2) is 32.5 Å². The van der Waals surface area contributed by atoms with Gasteiger partial charge in [0.2, 0.25) is 0 Å². The molecule has 1 aliphatic rings. The Kier molecular flexibility index (Phi) is 4.55. The summed E-state index contributed by atoms with van der Waals surface area (Å²) in [6.07, 6.45) is 3.39. The summed E-state index contributed by atoms with van der Waals surface area (Å²) in [5, 5.41) is 0. The zero-order chi connectivity index (χ0) is 13.7. The second kappa shape index (κ2) is 6.36. The first-order valence-electron chi connectivity index (χ1n) is 6.62. The van der Waals surface area contributed by atoms with Crippen molar-refractivity contribution in [3.8, 4) is 0 Å². The van der Waals surface area contributed by atoms with Crippen LogP contribution < -0.4 is 4.90 Å². The molecule has 1 fully saturated rings. The second-order valence-electron chi connectivity index (χ2n) is 4.76. The lowest BCUT2D eigenvalue weighted by atomic mass is 9.96. The first-order chi connectivity index (χ1) is 9.26. The lowest BCUT2D eigenvalue weighted by molar-refractivity contribution is -0.143. The minimum Gasteiger partial charge on any atom is -0.469 e. The maximum absolute atomic E-state index is 11.7. The largest absolute Gasteiger partial charge is 0.469 e. The maximum atomic E-state index is 11.7. The molecule has 0 aromatic heterocycles. The van der Waals surface area contributed by atoms with E-state index in [0.29, 0.717) is 0 Å². The number of hydrogen-bond acceptors (Lipinski definition) is 4. The lowest BCUT2D eigenvalue weighted by Gasteiger charge is -2.19. The van der Waals surface area contributed by atoms with Crippen molar-refractivity contribution in [2.45, 2.75) is 25.2 Å². The summed E-state index contributed by atoms with van der Waals surface area (Å²) in [5.41, 5.74) is 2.01. The average Bonchev–Trinajstić information content (AvgIpc) is 2.98. The van der Waals surface area contributed by atoms with Gasteiger partial charge < -0.3 is 14.4 Å². The Bertz CT molecular complexity index is 435. The number of carbonyl (C=O) groups is 2. The molecule has 0 N–H and O–H groups in total. The quantitative estimate of drug-likeness (QED) is 0.602. The molecular formula is C15H19NO3. The molecule has 0 saturated carbocycles. The molecule has 1 heterocycles. The van der Waals surface area contributed by atoms with Crippen LogP contribution in [0.4, 0.5) is 5.69 Å². The molecule has 1 saturated heterocycles. The molecule has 1 aliphatic heterocycles. The zero-order valence-corrected chi connectivity index (χ0v) is 11.2. The minimum atomic E-state index is -0.491. The fourth-order valence-corrected chi connectivity index (χ4v) is 2.50. The van der Waals surface area contributed by atoms with Crippen molar-refractivity contribution in [2.24, 2.45) is 0 Å². The third-order valence-electron chi connectivity index (χ3n) is 3.58. The first-order valence-corrected chi connectivity index (χ1v) is 6.62. The van der Waals surface area contributed by atoms with Crippen LogP contribution in [0.3, 0.4) is 0 Å². The number of aldehydes is 1. The van der Waals surface area contributed by atoms with E-state index in [-0.39, 0.29) is 12.4 Å². The van der Waals surface area contributed by atoms with E-state index in [2.05, 4.69) is 4.90 Å². The molecule has 1 aromatic rings. The Morgan fingerprint density at radius 1 is 1.32 bits per heavy atom. The predicted octanol–water partition coefficient (Wildman–Crippen LogP) is 2.13. The summed E-state index contributed by atoms with van der Waals surface area (Å²) in [6.45, 7) is 2.18. The van der Waals surface area contributed by atoms with Crippen LogP contribution >= 0.6 is 0 Å². The molecule has 0 unspecified atom stereocenters. The number of benzene rings is 1. The van der Waals surface area contributed by atoms with Crippen LogP contribution in [0.5, 0.6) is 0 Å². The van der Waals surface area contributed by atoms with Gasteiger partial charge in [0.1, 0.15) is 6.29 Å². The highest BCUT2D eigenvalue weighted by Crippen LogP contribution is 2.25. The first kappa shape index (κ1) is 13.6. The second-order valence-corrected chi connectivity index (χ2v) is 4.76. The van der Waals surface area contributed by atoms with E-state index in [1.165, 1.54) is 25.6 Å². The van der Waals surface area contributed by atoms with E-state index in [1.807, 2.05) is 24.3 Å². The van der Waals surface area contributed by atoms with E-state index in [9.17, 15) is 9.59 Å². The Hall–Kier alpha value is -1.84. The highest BCUT2D eigenvalue weighted by Gasteiger charge is 2.21. The molecule has 0 bridgehead atoms. The van der Waals surface area contributed by atoms with Gasteiger partial charge in [-0.1, -0.05) is 12.1 Å². The summed E-state index contributed by atoms with van der Waals surface area (Å²) >= 11 is 0. The van der Waals surface area contributed by atoms with Gasteiger partial charge in [-0.25, -0.2) is 0 Å². The SMILES string of the molecule is COC(=O)[C@@H](CC=O)c1ccc(N2CCCC2)cc1. The van der Waals surface area contributed by atoms with Gasteiger partial charge in [0.25, 0.3) is 0 Å². The molecule has 4 nitrogen and oxygen atoms in total. The molecule has 4 heteroatoms. The molecule has 102 valence electrons. The van der Waals surface area contributed by atoms with Gasteiger partial charge in [-0.15, -0.1) is 0 Å². The van der Waals surface area contributed by atoms with Crippen LogP contribution in [0.2, 0.25) is 0 Å². The Labute approximate surface area is 113 Å². The zero-order valence-electron chi connectivity index (χ0n) is 11.2. The van der Waals surface area contributed by atoms with Crippen LogP contribution in [0.15, 0.2) is 24.3 Å². The molecule has 0 amide bonds. The number of rotatable bonds is 5. The van der Waals surface area contributed by atoms with Crippen LogP contribution in [-0.2, 0) is 14.3 Å². The minimum absolute atomic E-state index is 0.162.